The molecule has 180 valence electrons. The minimum Gasteiger partial charge on any atom is -0.490 e. The molecule has 0 radical (unpaired) electrons. The molecule has 1 heterocycles. The number of likely N-dealkylation sites (tertiary alicyclic amines) is 1. The third-order valence-electron chi connectivity index (χ3n) is 7.69. The summed E-state index contributed by atoms with van der Waals surface area (Å²) >= 11 is 0. The standard InChI is InChI=1S/C29H41NO3/c1-5-32-28(31)22-14-16-30(17-15-22)20-21-6-7-24-19-27(11-8-23(24)18-21)33-26-12-9-25(10-13-26)29(2,3)4/h6-8,11,18-19,22,25-26H,5,9-10,12-17,20H2,1-4H3/t25-,26+. The maximum absolute atomic E-state index is 12.0. The van der Waals surface area contributed by atoms with Crippen LogP contribution in [0.3, 0.4) is 0 Å². The van der Waals surface area contributed by atoms with E-state index in [1.54, 1.807) is 0 Å². The lowest BCUT2D eigenvalue weighted by molar-refractivity contribution is -0.149. The van der Waals surface area contributed by atoms with Crippen molar-refractivity contribution in [3.63, 3.8) is 0 Å². The third-order valence-corrected chi connectivity index (χ3v) is 7.69. The highest BCUT2D eigenvalue weighted by atomic mass is 16.5. The van der Waals surface area contributed by atoms with Crippen LogP contribution in [-0.2, 0) is 16.1 Å². The van der Waals surface area contributed by atoms with Gasteiger partial charge < -0.3 is 9.47 Å². The van der Waals surface area contributed by atoms with Crippen molar-refractivity contribution in [1.82, 2.24) is 4.90 Å². The first-order valence-electron chi connectivity index (χ1n) is 12.9. The van der Waals surface area contributed by atoms with Crippen LogP contribution in [0.5, 0.6) is 5.75 Å². The summed E-state index contributed by atoms with van der Waals surface area (Å²) in [6, 6.07) is 13.3. The second kappa shape index (κ2) is 10.5. The van der Waals surface area contributed by atoms with Crippen LogP contribution in [-0.4, -0.2) is 36.7 Å². The molecule has 33 heavy (non-hydrogen) atoms. The van der Waals surface area contributed by atoms with Crippen LogP contribution in [0.2, 0.25) is 0 Å². The molecule has 0 aromatic heterocycles. The summed E-state index contributed by atoms with van der Waals surface area (Å²) in [4.78, 5) is 14.4. The Morgan fingerprint density at radius 1 is 0.939 bits per heavy atom. The zero-order chi connectivity index (χ0) is 23.4. The normalized spacial score (nSPS) is 22.9. The van der Waals surface area contributed by atoms with Crippen LogP contribution in [0.1, 0.15) is 71.8 Å². The molecule has 1 aliphatic heterocycles. The Hall–Kier alpha value is -2.07. The van der Waals surface area contributed by atoms with E-state index in [9.17, 15) is 4.79 Å². The smallest absolute Gasteiger partial charge is 0.309 e. The summed E-state index contributed by atoms with van der Waals surface area (Å²) in [5.74, 6) is 1.85. The maximum atomic E-state index is 12.0. The van der Waals surface area contributed by atoms with Gasteiger partial charge in [-0.3, -0.25) is 9.69 Å². The van der Waals surface area contributed by atoms with E-state index < -0.39 is 0 Å². The lowest BCUT2D eigenvalue weighted by Crippen LogP contribution is -2.36. The van der Waals surface area contributed by atoms with Gasteiger partial charge in [0.1, 0.15) is 5.75 Å². The van der Waals surface area contributed by atoms with E-state index in [1.165, 1.54) is 29.2 Å². The van der Waals surface area contributed by atoms with Crippen LogP contribution in [0.4, 0.5) is 0 Å². The molecule has 1 aliphatic carbocycles. The molecule has 4 nitrogen and oxygen atoms in total. The number of benzene rings is 2. The molecule has 0 spiro atoms. The fourth-order valence-corrected chi connectivity index (χ4v) is 5.53. The molecular weight excluding hydrogens is 410 g/mol. The molecule has 2 aromatic carbocycles. The first-order chi connectivity index (χ1) is 15.8. The van der Waals surface area contributed by atoms with Gasteiger partial charge in [-0.05, 0) is 104 Å². The number of nitrogens with zero attached hydrogens (tertiary/aromatic N) is 1. The summed E-state index contributed by atoms with van der Waals surface area (Å²) in [5, 5.41) is 2.50. The van der Waals surface area contributed by atoms with Crippen LogP contribution < -0.4 is 4.74 Å². The molecular formula is C29H41NO3. The highest BCUT2D eigenvalue weighted by Crippen LogP contribution is 2.39. The molecule has 2 aromatic rings. The second-order valence-corrected chi connectivity index (χ2v) is 11.1. The summed E-state index contributed by atoms with van der Waals surface area (Å²) in [7, 11) is 0. The zero-order valence-corrected chi connectivity index (χ0v) is 20.9. The minimum atomic E-state index is -0.0249. The fraction of sp³-hybridized carbons (Fsp3) is 0.621. The highest BCUT2D eigenvalue weighted by Gasteiger charge is 2.30. The lowest BCUT2D eigenvalue weighted by atomic mass is 9.72. The van der Waals surface area contributed by atoms with Gasteiger partial charge in [0.05, 0.1) is 18.6 Å². The number of esters is 1. The lowest BCUT2D eigenvalue weighted by Gasteiger charge is -2.37. The Morgan fingerprint density at radius 2 is 1.61 bits per heavy atom. The number of fused-ring (bicyclic) bond motifs is 1. The van der Waals surface area contributed by atoms with E-state index in [4.69, 9.17) is 9.47 Å². The average Bonchev–Trinajstić information content (AvgIpc) is 2.79. The van der Waals surface area contributed by atoms with Crippen LogP contribution in [0.25, 0.3) is 10.8 Å². The Morgan fingerprint density at radius 3 is 2.27 bits per heavy atom. The number of carbonyl (C=O) groups excluding carboxylic acids is 1. The molecule has 1 saturated heterocycles. The number of ether oxygens (including phenoxy) is 2. The third kappa shape index (κ3) is 6.29. The predicted octanol–water partition coefficient (Wildman–Crippen LogP) is 6.60. The van der Waals surface area contributed by atoms with E-state index in [0.29, 0.717) is 18.1 Å². The molecule has 2 fully saturated rings. The number of rotatable bonds is 6. The second-order valence-electron chi connectivity index (χ2n) is 11.1. The molecule has 4 rings (SSSR count). The van der Waals surface area contributed by atoms with Gasteiger partial charge in [0.2, 0.25) is 0 Å². The summed E-state index contributed by atoms with van der Waals surface area (Å²) in [6.07, 6.45) is 6.98. The SMILES string of the molecule is CCOC(=O)C1CCN(Cc2ccc3cc(O[C@H]4CC[C@@H](C(C)(C)C)CC4)ccc3c2)CC1. The first-order valence-corrected chi connectivity index (χ1v) is 12.9. The van der Waals surface area contributed by atoms with Gasteiger partial charge >= 0.3 is 5.97 Å². The van der Waals surface area contributed by atoms with Gasteiger partial charge in [-0.15, -0.1) is 0 Å². The zero-order valence-electron chi connectivity index (χ0n) is 20.9. The molecule has 0 unspecified atom stereocenters. The first kappa shape index (κ1) is 24.1. The number of hydrogen-bond acceptors (Lipinski definition) is 4. The largest absolute Gasteiger partial charge is 0.490 e. The van der Waals surface area contributed by atoms with Crippen molar-refractivity contribution in [2.24, 2.45) is 17.3 Å². The van der Waals surface area contributed by atoms with Gasteiger partial charge in [-0.2, -0.15) is 0 Å². The quantitative estimate of drug-likeness (QED) is 0.464. The molecule has 0 N–H and O–H groups in total. The number of piperidine rings is 1. The van der Waals surface area contributed by atoms with Crippen molar-refractivity contribution in [2.75, 3.05) is 19.7 Å². The molecule has 4 heteroatoms. The van der Waals surface area contributed by atoms with Crippen LogP contribution in [0, 0.1) is 17.3 Å². The minimum absolute atomic E-state index is 0.0249. The Bertz CT molecular complexity index is 932. The van der Waals surface area contributed by atoms with E-state index in [0.717, 1.165) is 57.0 Å². The highest BCUT2D eigenvalue weighted by molar-refractivity contribution is 5.84. The summed E-state index contributed by atoms with van der Waals surface area (Å²) < 4.78 is 11.6. The van der Waals surface area contributed by atoms with Crippen molar-refractivity contribution in [3.8, 4) is 5.75 Å². The van der Waals surface area contributed by atoms with E-state index in [2.05, 4.69) is 62.1 Å². The fourth-order valence-electron chi connectivity index (χ4n) is 5.53. The molecule has 0 bridgehead atoms. The van der Waals surface area contributed by atoms with Crippen molar-refractivity contribution in [1.29, 1.82) is 0 Å². The van der Waals surface area contributed by atoms with Crippen molar-refractivity contribution < 1.29 is 14.3 Å². The van der Waals surface area contributed by atoms with Crippen molar-refractivity contribution in [3.05, 3.63) is 42.0 Å². The van der Waals surface area contributed by atoms with Crippen molar-refractivity contribution in [2.45, 2.75) is 78.9 Å². The van der Waals surface area contributed by atoms with Gasteiger partial charge in [-0.1, -0.05) is 39.0 Å². The molecule has 1 saturated carbocycles. The van der Waals surface area contributed by atoms with Gasteiger partial charge in [0.25, 0.3) is 0 Å². The Kier molecular flexibility index (Phi) is 7.63. The predicted molar refractivity (Wildman–Crippen MR) is 134 cm³/mol. The Balaban J connectivity index is 1.31. The number of hydrogen-bond donors (Lipinski definition) is 0. The van der Waals surface area contributed by atoms with E-state index >= 15 is 0 Å². The number of carbonyl (C=O) groups is 1. The van der Waals surface area contributed by atoms with E-state index in [-0.39, 0.29) is 11.9 Å². The maximum Gasteiger partial charge on any atom is 0.309 e. The average molecular weight is 452 g/mol. The molecule has 0 amide bonds. The van der Waals surface area contributed by atoms with Crippen molar-refractivity contribution >= 4 is 16.7 Å². The molecule has 2 aliphatic rings. The summed E-state index contributed by atoms with van der Waals surface area (Å²) in [6.45, 7) is 12.3. The van der Waals surface area contributed by atoms with Gasteiger partial charge in [-0.25, -0.2) is 0 Å². The monoisotopic (exact) mass is 451 g/mol. The van der Waals surface area contributed by atoms with Gasteiger partial charge in [0, 0.05) is 6.54 Å². The Labute approximate surface area is 199 Å². The van der Waals surface area contributed by atoms with E-state index in [1.807, 2.05) is 6.92 Å². The molecule has 0 atom stereocenters. The van der Waals surface area contributed by atoms with Crippen LogP contribution in [0.15, 0.2) is 36.4 Å². The van der Waals surface area contributed by atoms with Crippen LogP contribution >= 0.6 is 0 Å². The topological polar surface area (TPSA) is 38.8 Å². The van der Waals surface area contributed by atoms with Gasteiger partial charge in [0.15, 0.2) is 0 Å². The summed E-state index contributed by atoms with van der Waals surface area (Å²) in [5.41, 5.74) is 1.73.